The van der Waals surface area contributed by atoms with Crippen molar-refractivity contribution in [2.75, 3.05) is 0 Å². The van der Waals surface area contributed by atoms with Crippen molar-refractivity contribution in [2.24, 2.45) is 5.73 Å². The van der Waals surface area contributed by atoms with Gasteiger partial charge >= 0.3 is 0 Å². The lowest BCUT2D eigenvalue weighted by molar-refractivity contribution is 0.663. The maximum absolute atomic E-state index is 5.63. The van der Waals surface area contributed by atoms with Crippen LogP contribution in [0.4, 0.5) is 0 Å². The Morgan fingerprint density at radius 3 is 2.73 bits per heavy atom. The second-order valence-corrected chi connectivity index (χ2v) is 3.50. The Morgan fingerprint density at radius 2 is 2.00 bits per heavy atom. The molecule has 0 aliphatic carbocycles. The van der Waals surface area contributed by atoms with Crippen LogP contribution in [0.3, 0.4) is 0 Å². The molecule has 0 saturated heterocycles. The van der Waals surface area contributed by atoms with Gasteiger partial charge < -0.3 is 10.3 Å². The Balaban J connectivity index is 1.99. The molecule has 2 aromatic rings. The monoisotopic (exact) mass is 201 g/mol. The molecule has 0 aromatic carbocycles. The molecule has 2 rings (SSSR count). The highest BCUT2D eigenvalue weighted by Crippen LogP contribution is 2.05. The van der Waals surface area contributed by atoms with Crippen molar-refractivity contribution < 1.29 is 0 Å². The Hall–Kier alpha value is -1.61. The van der Waals surface area contributed by atoms with Crippen molar-refractivity contribution in [3.63, 3.8) is 0 Å². The third-order valence-electron chi connectivity index (χ3n) is 2.52. The first-order chi connectivity index (χ1) is 7.40. The lowest BCUT2D eigenvalue weighted by Gasteiger charge is -2.07. The van der Waals surface area contributed by atoms with Crippen LogP contribution in [0.5, 0.6) is 0 Å². The number of hydrogen-bond donors (Lipinski definition) is 1. The van der Waals surface area contributed by atoms with E-state index in [1.165, 1.54) is 11.3 Å². The Kier molecular flexibility index (Phi) is 3.15. The molecule has 0 aliphatic rings. The number of aryl methyl sites for hydroxylation is 2. The average Bonchev–Trinajstić information content (AvgIpc) is 2.75. The molecule has 2 heterocycles. The van der Waals surface area contributed by atoms with Gasteiger partial charge in [0.15, 0.2) is 0 Å². The van der Waals surface area contributed by atoms with Crippen LogP contribution >= 0.6 is 0 Å². The zero-order valence-electron chi connectivity index (χ0n) is 8.63. The van der Waals surface area contributed by atoms with Gasteiger partial charge in [0, 0.05) is 37.4 Å². The van der Waals surface area contributed by atoms with E-state index in [1.54, 1.807) is 0 Å². The van der Waals surface area contributed by atoms with Crippen LogP contribution in [-0.2, 0) is 19.5 Å². The smallest absolute Gasteiger partial charge is 0.0334 e. The number of rotatable bonds is 4. The van der Waals surface area contributed by atoms with E-state index in [0.717, 1.165) is 13.0 Å². The third-order valence-corrected chi connectivity index (χ3v) is 2.52. The molecule has 0 unspecified atom stereocenters. The lowest BCUT2D eigenvalue weighted by Crippen LogP contribution is -2.08. The number of hydrogen-bond acceptors (Lipinski definition) is 2. The summed E-state index contributed by atoms with van der Waals surface area (Å²) >= 11 is 0. The summed E-state index contributed by atoms with van der Waals surface area (Å²) in [6.07, 6.45) is 6.75. The molecule has 0 spiro atoms. The molecular formula is C12H15N3. The minimum atomic E-state index is 0.601. The van der Waals surface area contributed by atoms with Gasteiger partial charge in [0.2, 0.25) is 0 Å². The Bertz CT molecular complexity index is 406. The number of nitrogens with zero attached hydrogens (tertiary/aromatic N) is 2. The first kappa shape index (κ1) is 9.93. The highest BCUT2D eigenvalue weighted by atomic mass is 15.0. The standard InChI is InChI=1S/C12H15N3/c13-10-12-2-1-8-15(12)9-5-11-3-6-14-7-4-11/h1-4,6-8H,5,9-10,13H2. The minimum Gasteiger partial charge on any atom is -0.350 e. The van der Waals surface area contributed by atoms with E-state index in [9.17, 15) is 0 Å². The third kappa shape index (κ3) is 2.44. The van der Waals surface area contributed by atoms with Gasteiger partial charge in [-0.15, -0.1) is 0 Å². The van der Waals surface area contributed by atoms with Gasteiger partial charge in [-0.25, -0.2) is 0 Å². The molecule has 3 nitrogen and oxygen atoms in total. The molecule has 0 aliphatic heterocycles. The van der Waals surface area contributed by atoms with Crippen molar-refractivity contribution in [1.82, 2.24) is 9.55 Å². The van der Waals surface area contributed by atoms with E-state index in [1.807, 2.05) is 30.6 Å². The van der Waals surface area contributed by atoms with Gasteiger partial charge in [-0.1, -0.05) is 0 Å². The molecule has 2 N–H and O–H groups in total. The molecule has 0 saturated carbocycles. The van der Waals surface area contributed by atoms with Crippen LogP contribution < -0.4 is 5.73 Å². The quantitative estimate of drug-likeness (QED) is 0.816. The van der Waals surface area contributed by atoms with Crippen molar-refractivity contribution in [2.45, 2.75) is 19.5 Å². The molecule has 0 amide bonds. The Morgan fingerprint density at radius 1 is 1.20 bits per heavy atom. The minimum absolute atomic E-state index is 0.601. The van der Waals surface area contributed by atoms with Crippen LogP contribution in [0.25, 0.3) is 0 Å². The Labute approximate surface area is 89.6 Å². The molecule has 15 heavy (non-hydrogen) atoms. The van der Waals surface area contributed by atoms with Gasteiger partial charge in [-0.2, -0.15) is 0 Å². The molecule has 0 fully saturated rings. The van der Waals surface area contributed by atoms with Crippen molar-refractivity contribution >= 4 is 0 Å². The fourth-order valence-corrected chi connectivity index (χ4v) is 1.65. The maximum Gasteiger partial charge on any atom is 0.0334 e. The summed E-state index contributed by atoms with van der Waals surface area (Å²) < 4.78 is 2.19. The maximum atomic E-state index is 5.63. The van der Waals surface area contributed by atoms with E-state index in [0.29, 0.717) is 6.54 Å². The highest BCUT2D eigenvalue weighted by Gasteiger charge is 1.98. The summed E-state index contributed by atoms with van der Waals surface area (Å²) in [7, 11) is 0. The van der Waals surface area contributed by atoms with E-state index in [2.05, 4.69) is 21.8 Å². The summed E-state index contributed by atoms with van der Waals surface area (Å²) in [5.41, 5.74) is 8.12. The fraction of sp³-hybridized carbons (Fsp3) is 0.250. The number of aromatic nitrogens is 2. The van der Waals surface area contributed by atoms with Gasteiger partial charge in [-0.3, -0.25) is 4.98 Å². The predicted octanol–water partition coefficient (Wildman–Crippen LogP) is 1.58. The molecular weight excluding hydrogens is 186 g/mol. The molecule has 78 valence electrons. The molecule has 2 aromatic heterocycles. The zero-order chi connectivity index (χ0) is 10.5. The molecule has 0 radical (unpaired) electrons. The van der Waals surface area contributed by atoms with E-state index in [-0.39, 0.29) is 0 Å². The van der Waals surface area contributed by atoms with Crippen LogP contribution in [-0.4, -0.2) is 9.55 Å². The van der Waals surface area contributed by atoms with Crippen molar-refractivity contribution in [3.05, 3.63) is 54.1 Å². The molecule has 0 bridgehead atoms. The largest absolute Gasteiger partial charge is 0.350 e. The molecule has 3 heteroatoms. The zero-order valence-corrected chi connectivity index (χ0v) is 8.63. The van der Waals surface area contributed by atoms with Gasteiger partial charge in [-0.05, 0) is 36.2 Å². The van der Waals surface area contributed by atoms with Crippen molar-refractivity contribution in [3.8, 4) is 0 Å². The normalized spacial score (nSPS) is 10.5. The predicted molar refractivity (Wildman–Crippen MR) is 60.3 cm³/mol. The summed E-state index contributed by atoms with van der Waals surface area (Å²) in [6, 6.07) is 8.19. The van der Waals surface area contributed by atoms with E-state index in [4.69, 9.17) is 5.73 Å². The summed E-state index contributed by atoms with van der Waals surface area (Å²) in [4.78, 5) is 4.00. The summed E-state index contributed by atoms with van der Waals surface area (Å²) in [6.45, 7) is 1.58. The fourth-order valence-electron chi connectivity index (χ4n) is 1.65. The lowest BCUT2D eigenvalue weighted by atomic mass is 10.2. The summed E-state index contributed by atoms with van der Waals surface area (Å²) in [5, 5.41) is 0. The van der Waals surface area contributed by atoms with Crippen LogP contribution in [0.2, 0.25) is 0 Å². The van der Waals surface area contributed by atoms with E-state index >= 15 is 0 Å². The van der Waals surface area contributed by atoms with Crippen LogP contribution in [0.1, 0.15) is 11.3 Å². The SMILES string of the molecule is NCc1cccn1CCc1ccncc1. The van der Waals surface area contributed by atoms with Crippen LogP contribution in [0, 0.1) is 0 Å². The summed E-state index contributed by atoms with van der Waals surface area (Å²) in [5.74, 6) is 0. The average molecular weight is 201 g/mol. The second kappa shape index (κ2) is 4.75. The van der Waals surface area contributed by atoms with E-state index < -0.39 is 0 Å². The second-order valence-electron chi connectivity index (χ2n) is 3.50. The number of nitrogens with two attached hydrogens (primary N) is 1. The van der Waals surface area contributed by atoms with Gasteiger partial charge in [0.25, 0.3) is 0 Å². The highest BCUT2D eigenvalue weighted by molar-refractivity contribution is 5.11. The first-order valence-corrected chi connectivity index (χ1v) is 5.13. The number of pyridine rings is 1. The van der Waals surface area contributed by atoms with Gasteiger partial charge in [0.1, 0.15) is 0 Å². The first-order valence-electron chi connectivity index (χ1n) is 5.13. The molecule has 0 atom stereocenters. The van der Waals surface area contributed by atoms with Crippen LogP contribution in [0.15, 0.2) is 42.9 Å². The van der Waals surface area contributed by atoms with Gasteiger partial charge in [0.05, 0.1) is 0 Å². The van der Waals surface area contributed by atoms with Crippen molar-refractivity contribution in [1.29, 1.82) is 0 Å². The topological polar surface area (TPSA) is 43.8 Å².